The highest BCUT2D eigenvalue weighted by atomic mass is 16.5. The predicted octanol–water partition coefficient (Wildman–Crippen LogP) is 2.17. The number of imide groups is 1. The number of nitriles is 2. The van der Waals surface area contributed by atoms with E-state index in [1.165, 1.54) is 4.90 Å². The molecule has 7 nitrogen and oxygen atoms in total. The summed E-state index contributed by atoms with van der Waals surface area (Å²) in [5.41, 5.74) is 0.773. The third-order valence-electron chi connectivity index (χ3n) is 4.60. The summed E-state index contributed by atoms with van der Waals surface area (Å²) in [6, 6.07) is 16.3. The quantitative estimate of drug-likeness (QED) is 0.778. The van der Waals surface area contributed by atoms with Crippen LogP contribution in [0.4, 0.5) is 16.2 Å². The number of anilines is 2. The summed E-state index contributed by atoms with van der Waals surface area (Å²) >= 11 is 0. The van der Waals surface area contributed by atoms with Crippen LogP contribution in [0.1, 0.15) is 11.1 Å². The molecule has 0 aromatic heterocycles. The van der Waals surface area contributed by atoms with Crippen molar-refractivity contribution in [3.05, 3.63) is 59.7 Å². The van der Waals surface area contributed by atoms with Crippen LogP contribution in [-0.2, 0) is 9.53 Å². The molecule has 0 atom stereocenters. The number of carbonyl (C=O) groups is 2. The Bertz CT molecular complexity index is 979. The second kappa shape index (κ2) is 5.69. The Hall–Kier alpha value is -3.68. The number of ether oxygens (including phenoxy) is 1. The number of urea groups is 1. The van der Waals surface area contributed by atoms with Gasteiger partial charge >= 0.3 is 6.03 Å². The monoisotopic (exact) mass is 344 g/mol. The van der Waals surface area contributed by atoms with Crippen LogP contribution in [0, 0.1) is 22.7 Å². The molecule has 0 N–H and O–H groups in total. The van der Waals surface area contributed by atoms with Crippen molar-refractivity contribution in [1.82, 2.24) is 0 Å². The molecule has 126 valence electrons. The Labute approximate surface area is 149 Å². The summed E-state index contributed by atoms with van der Waals surface area (Å²) in [5.74, 6) is -0.359. The molecule has 2 saturated heterocycles. The van der Waals surface area contributed by atoms with Gasteiger partial charge in [0.2, 0.25) is 0 Å². The molecule has 0 bridgehead atoms. The number of carbonyl (C=O) groups excluding carboxylic acids is 2. The number of rotatable bonds is 2. The molecule has 0 unspecified atom stereocenters. The molecule has 2 heterocycles. The Balaban J connectivity index is 1.77. The Morgan fingerprint density at radius 2 is 1.35 bits per heavy atom. The molecule has 7 heteroatoms. The molecule has 2 aliphatic rings. The van der Waals surface area contributed by atoms with E-state index in [0.29, 0.717) is 22.5 Å². The van der Waals surface area contributed by atoms with Crippen molar-refractivity contribution in [2.75, 3.05) is 23.0 Å². The normalized spacial score (nSPS) is 17.8. The van der Waals surface area contributed by atoms with Crippen LogP contribution in [0.3, 0.4) is 0 Å². The third-order valence-corrected chi connectivity index (χ3v) is 4.60. The third kappa shape index (κ3) is 2.08. The lowest BCUT2D eigenvalue weighted by Crippen LogP contribution is -2.64. The number of nitrogens with zero attached hydrogens (tertiary/aromatic N) is 4. The second-order valence-electron chi connectivity index (χ2n) is 6.10. The van der Waals surface area contributed by atoms with Crippen molar-refractivity contribution in [2.24, 2.45) is 0 Å². The topological polar surface area (TPSA) is 97.4 Å². The van der Waals surface area contributed by atoms with E-state index in [9.17, 15) is 9.59 Å². The van der Waals surface area contributed by atoms with Gasteiger partial charge in [-0.15, -0.1) is 0 Å². The van der Waals surface area contributed by atoms with Crippen LogP contribution >= 0.6 is 0 Å². The lowest BCUT2D eigenvalue weighted by molar-refractivity contribution is -0.136. The van der Waals surface area contributed by atoms with Gasteiger partial charge in [0.15, 0.2) is 5.54 Å². The van der Waals surface area contributed by atoms with E-state index in [1.54, 1.807) is 48.5 Å². The molecule has 3 amide bonds. The van der Waals surface area contributed by atoms with Crippen molar-refractivity contribution in [3.63, 3.8) is 0 Å². The fourth-order valence-electron chi connectivity index (χ4n) is 3.18. The summed E-state index contributed by atoms with van der Waals surface area (Å²) in [7, 11) is 0. The van der Waals surface area contributed by atoms with Gasteiger partial charge in [-0.05, 0) is 48.5 Å². The summed E-state index contributed by atoms with van der Waals surface area (Å²) < 4.78 is 5.26. The smallest absolute Gasteiger partial charge is 0.337 e. The van der Waals surface area contributed by atoms with Gasteiger partial charge in [0.1, 0.15) is 0 Å². The Kier molecular flexibility index (Phi) is 3.47. The minimum atomic E-state index is -1.07. The van der Waals surface area contributed by atoms with E-state index < -0.39 is 11.6 Å². The maximum atomic E-state index is 13.1. The van der Waals surface area contributed by atoms with Crippen molar-refractivity contribution in [1.29, 1.82) is 10.5 Å². The molecule has 0 saturated carbocycles. The lowest BCUT2D eigenvalue weighted by atomic mass is 9.94. The Morgan fingerprint density at radius 3 is 1.77 bits per heavy atom. The highest BCUT2D eigenvalue weighted by Gasteiger charge is 2.62. The molecular weight excluding hydrogens is 332 g/mol. The average molecular weight is 344 g/mol. The zero-order chi connectivity index (χ0) is 18.3. The fourth-order valence-corrected chi connectivity index (χ4v) is 3.18. The molecule has 26 heavy (non-hydrogen) atoms. The minimum Gasteiger partial charge on any atom is -0.375 e. The van der Waals surface area contributed by atoms with Crippen LogP contribution in [0.25, 0.3) is 0 Å². The summed E-state index contributed by atoms with van der Waals surface area (Å²) in [6.45, 7) is 0.231. The van der Waals surface area contributed by atoms with E-state index in [4.69, 9.17) is 15.3 Å². The van der Waals surface area contributed by atoms with E-state index in [0.717, 1.165) is 4.90 Å². The maximum Gasteiger partial charge on any atom is 0.337 e. The van der Waals surface area contributed by atoms with E-state index in [-0.39, 0.29) is 19.1 Å². The minimum absolute atomic E-state index is 0.115. The van der Waals surface area contributed by atoms with Gasteiger partial charge in [-0.25, -0.2) is 9.69 Å². The number of benzene rings is 2. The zero-order valence-corrected chi connectivity index (χ0v) is 13.5. The van der Waals surface area contributed by atoms with Gasteiger partial charge in [0, 0.05) is 5.69 Å². The molecule has 4 rings (SSSR count). The predicted molar refractivity (Wildman–Crippen MR) is 91.2 cm³/mol. The molecule has 0 radical (unpaired) electrons. The zero-order valence-electron chi connectivity index (χ0n) is 13.5. The first-order valence-corrected chi connectivity index (χ1v) is 7.87. The largest absolute Gasteiger partial charge is 0.375 e. The van der Waals surface area contributed by atoms with E-state index in [2.05, 4.69) is 0 Å². The van der Waals surface area contributed by atoms with Crippen LogP contribution in [0.2, 0.25) is 0 Å². The first kappa shape index (κ1) is 15.8. The Morgan fingerprint density at radius 1 is 0.846 bits per heavy atom. The molecule has 2 aromatic carbocycles. The molecular formula is C19H12N4O3. The van der Waals surface area contributed by atoms with Gasteiger partial charge in [-0.1, -0.05) is 0 Å². The SMILES string of the molecule is N#Cc1ccc(N2C(=O)N(c3ccc(C#N)cc3)C3(COC3)C2=O)cc1. The lowest BCUT2D eigenvalue weighted by Gasteiger charge is -2.41. The molecule has 2 aliphatic heterocycles. The number of hydrogen-bond acceptors (Lipinski definition) is 5. The van der Waals surface area contributed by atoms with Gasteiger partial charge in [0.25, 0.3) is 5.91 Å². The first-order chi connectivity index (χ1) is 12.6. The molecule has 1 spiro atoms. The second-order valence-corrected chi connectivity index (χ2v) is 6.10. The van der Waals surface area contributed by atoms with Crippen LogP contribution in [0.15, 0.2) is 48.5 Å². The highest BCUT2D eigenvalue weighted by Crippen LogP contribution is 2.40. The summed E-state index contributed by atoms with van der Waals surface area (Å²) in [4.78, 5) is 28.7. The van der Waals surface area contributed by atoms with Crippen molar-refractivity contribution in [3.8, 4) is 12.1 Å². The van der Waals surface area contributed by atoms with Crippen molar-refractivity contribution >= 4 is 23.3 Å². The average Bonchev–Trinajstić information content (AvgIpc) is 2.89. The fraction of sp³-hybridized carbons (Fsp3) is 0.158. The first-order valence-electron chi connectivity index (χ1n) is 7.87. The van der Waals surface area contributed by atoms with Crippen LogP contribution in [0.5, 0.6) is 0 Å². The van der Waals surface area contributed by atoms with Crippen LogP contribution < -0.4 is 9.80 Å². The van der Waals surface area contributed by atoms with Gasteiger partial charge in [-0.2, -0.15) is 10.5 Å². The number of amides is 3. The molecule has 0 aliphatic carbocycles. The maximum absolute atomic E-state index is 13.1. The van der Waals surface area contributed by atoms with Crippen molar-refractivity contribution < 1.29 is 14.3 Å². The number of hydrogen-bond donors (Lipinski definition) is 0. The van der Waals surface area contributed by atoms with Crippen molar-refractivity contribution in [2.45, 2.75) is 5.54 Å². The van der Waals surface area contributed by atoms with Crippen LogP contribution in [-0.4, -0.2) is 30.7 Å². The standard InChI is InChI=1S/C19H12N4O3/c20-9-13-1-5-15(6-2-13)22-17(24)19(11-26-12-19)23(18(22)25)16-7-3-14(10-21)4-8-16/h1-8H,11-12H2. The van der Waals surface area contributed by atoms with Gasteiger partial charge in [0.05, 0.1) is 42.2 Å². The van der Waals surface area contributed by atoms with Gasteiger partial charge in [-0.3, -0.25) is 9.69 Å². The molecule has 2 aromatic rings. The summed E-state index contributed by atoms with van der Waals surface area (Å²) in [5, 5.41) is 17.9. The van der Waals surface area contributed by atoms with Gasteiger partial charge < -0.3 is 4.74 Å². The van der Waals surface area contributed by atoms with E-state index >= 15 is 0 Å². The highest BCUT2D eigenvalue weighted by molar-refractivity contribution is 6.31. The summed E-state index contributed by atoms with van der Waals surface area (Å²) in [6.07, 6.45) is 0. The molecule has 2 fully saturated rings. The van der Waals surface area contributed by atoms with E-state index in [1.807, 2.05) is 12.1 Å².